The lowest BCUT2D eigenvalue weighted by Crippen LogP contribution is -2.32. The molecule has 1 aliphatic heterocycles. The van der Waals surface area contributed by atoms with E-state index in [1.807, 2.05) is 0 Å². The second kappa shape index (κ2) is 5.70. The van der Waals surface area contributed by atoms with Crippen molar-refractivity contribution >= 4 is 11.8 Å². The lowest BCUT2D eigenvalue weighted by atomic mass is 10.1. The molecule has 0 amide bonds. The molecule has 2 N–H and O–H groups in total. The van der Waals surface area contributed by atoms with E-state index >= 15 is 0 Å². The van der Waals surface area contributed by atoms with Crippen molar-refractivity contribution in [3.63, 3.8) is 0 Å². The highest BCUT2D eigenvalue weighted by molar-refractivity contribution is 5.84. The van der Waals surface area contributed by atoms with E-state index in [9.17, 15) is 4.79 Å². The summed E-state index contributed by atoms with van der Waals surface area (Å²) in [5, 5.41) is 20.6. The summed E-state index contributed by atoms with van der Waals surface area (Å²) in [6.45, 7) is 4.98. The van der Waals surface area contributed by atoms with E-state index in [-0.39, 0.29) is 11.7 Å². The summed E-state index contributed by atoms with van der Waals surface area (Å²) in [6.07, 6.45) is 4.50. The van der Waals surface area contributed by atoms with Gasteiger partial charge in [-0.05, 0) is 6.42 Å². The SMILES string of the molecule is CC(C)c1nnc2n1CC(Nc1cnc(C(=O)O)cn1)CC2. The van der Waals surface area contributed by atoms with Gasteiger partial charge in [-0.2, -0.15) is 0 Å². The van der Waals surface area contributed by atoms with E-state index in [4.69, 9.17) is 5.11 Å². The van der Waals surface area contributed by atoms with Crippen LogP contribution in [0, 0.1) is 0 Å². The Labute approximate surface area is 127 Å². The molecule has 2 aromatic heterocycles. The maximum Gasteiger partial charge on any atom is 0.356 e. The number of fused-ring (bicyclic) bond motifs is 1. The van der Waals surface area contributed by atoms with Crippen LogP contribution in [0.1, 0.15) is 48.3 Å². The van der Waals surface area contributed by atoms with Gasteiger partial charge in [-0.25, -0.2) is 14.8 Å². The van der Waals surface area contributed by atoms with Gasteiger partial charge in [0.25, 0.3) is 0 Å². The number of carboxylic acid groups (broad SMARTS) is 1. The summed E-state index contributed by atoms with van der Waals surface area (Å²) in [5.74, 6) is 1.85. The van der Waals surface area contributed by atoms with Crippen molar-refractivity contribution < 1.29 is 9.90 Å². The van der Waals surface area contributed by atoms with Crippen LogP contribution in [0.5, 0.6) is 0 Å². The van der Waals surface area contributed by atoms with Crippen molar-refractivity contribution in [1.29, 1.82) is 0 Å². The highest BCUT2D eigenvalue weighted by Crippen LogP contribution is 2.21. The van der Waals surface area contributed by atoms with Crippen LogP contribution < -0.4 is 5.32 Å². The van der Waals surface area contributed by atoms with Crippen molar-refractivity contribution in [2.75, 3.05) is 5.32 Å². The standard InChI is InChI=1S/C14H18N6O2/c1-8(2)13-19-18-12-4-3-9(7-20(12)13)17-11-6-15-10(5-16-11)14(21)22/h5-6,8-9H,3-4,7H2,1-2H3,(H,16,17)(H,21,22). The summed E-state index contributed by atoms with van der Waals surface area (Å²) in [4.78, 5) is 18.7. The minimum atomic E-state index is -1.08. The molecule has 1 atom stereocenters. The summed E-state index contributed by atoms with van der Waals surface area (Å²) < 4.78 is 2.16. The van der Waals surface area contributed by atoms with E-state index in [2.05, 4.69) is 43.9 Å². The number of aryl methyl sites for hydroxylation is 1. The first-order valence-corrected chi connectivity index (χ1v) is 7.28. The van der Waals surface area contributed by atoms with E-state index in [0.717, 1.165) is 31.0 Å². The number of carbonyl (C=O) groups is 1. The van der Waals surface area contributed by atoms with Gasteiger partial charge in [0.2, 0.25) is 0 Å². The molecule has 0 aromatic carbocycles. The Kier molecular flexibility index (Phi) is 3.74. The number of aromatic nitrogens is 5. The molecule has 8 nitrogen and oxygen atoms in total. The molecule has 0 radical (unpaired) electrons. The third-order valence-corrected chi connectivity index (χ3v) is 3.71. The van der Waals surface area contributed by atoms with Gasteiger partial charge in [0.1, 0.15) is 17.5 Å². The molecule has 3 heterocycles. The maximum absolute atomic E-state index is 10.8. The molecule has 0 saturated heterocycles. The number of rotatable bonds is 4. The van der Waals surface area contributed by atoms with Crippen molar-refractivity contribution in [2.45, 2.75) is 45.2 Å². The molecule has 0 aliphatic carbocycles. The first-order chi connectivity index (χ1) is 10.5. The monoisotopic (exact) mass is 302 g/mol. The molecule has 2 aromatic rings. The lowest BCUT2D eigenvalue weighted by Gasteiger charge is -2.26. The quantitative estimate of drug-likeness (QED) is 0.877. The summed E-state index contributed by atoms with van der Waals surface area (Å²) in [7, 11) is 0. The van der Waals surface area contributed by atoms with E-state index in [1.165, 1.54) is 12.4 Å². The van der Waals surface area contributed by atoms with Gasteiger partial charge in [-0.1, -0.05) is 13.8 Å². The highest BCUT2D eigenvalue weighted by Gasteiger charge is 2.24. The van der Waals surface area contributed by atoms with Crippen LogP contribution in [-0.2, 0) is 13.0 Å². The zero-order chi connectivity index (χ0) is 15.7. The van der Waals surface area contributed by atoms with Crippen molar-refractivity contribution in [3.8, 4) is 0 Å². The molecule has 8 heteroatoms. The van der Waals surface area contributed by atoms with Crippen molar-refractivity contribution in [1.82, 2.24) is 24.7 Å². The molecule has 3 rings (SSSR count). The third kappa shape index (κ3) is 2.76. The Morgan fingerprint density at radius 3 is 2.82 bits per heavy atom. The van der Waals surface area contributed by atoms with Crippen molar-refractivity contribution in [2.24, 2.45) is 0 Å². The zero-order valence-corrected chi connectivity index (χ0v) is 12.5. The van der Waals surface area contributed by atoms with Crippen LogP contribution in [-0.4, -0.2) is 41.9 Å². The van der Waals surface area contributed by atoms with Gasteiger partial charge >= 0.3 is 5.97 Å². The van der Waals surface area contributed by atoms with Crippen molar-refractivity contribution in [3.05, 3.63) is 29.7 Å². The van der Waals surface area contributed by atoms with Gasteiger partial charge < -0.3 is 15.0 Å². The van der Waals surface area contributed by atoms with E-state index < -0.39 is 5.97 Å². The predicted octanol–water partition coefficient (Wildman–Crippen LogP) is 1.32. The summed E-state index contributed by atoms with van der Waals surface area (Å²) in [5.41, 5.74) is -0.0580. The number of nitrogens with zero attached hydrogens (tertiary/aromatic N) is 5. The molecule has 116 valence electrons. The molecule has 0 fully saturated rings. The largest absolute Gasteiger partial charge is 0.476 e. The van der Waals surface area contributed by atoms with Crippen LogP contribution in [0.25, 0.3) is 0 Å². The first-order valence-electron chi connectivity index (χ1n) is 7.28. The lowest BCUT2D eigenvalue weighted by molar-refractivity contribution is 0.0690. The van der Waals surface area contributed by atoms with Gasteiger partial charge in [-0.3, -0.25) is 0 Å². The maximum atomic E-state index is 10.8. The number of hydrogen-bond acceptors (Lipinski definition) is 6. The van der Waals surface area contributed by atoms with Crippen LogP contribution in [0.2, 0.25) is 0 Å². The first kappa shape index (κ1) is 14.4. The van der Waals surface area contributed by atoms with Crippen LogP contribution in [0.4, 0.5) is 5.82 Å². The van der Waals surface area contributed by atoms with Gasteiger partial charge in [0.05, 0.1) is 12.4 Å². The average Bonchev–Trinajstić information content (AvgIpc) is 2.91. The normalized spacial score (nSPS) is 17.3. The molecule has 1 aliphatic rings. The minimum Gasteiger partial charge on any atom is -0.476 e. The number of nitrogens with one attached hydrogen (secondary N) is 1. The Bertz CT molecular complexity index is 679. The predicted molar refractivity (Wildman–Crippen MR) is 78.8 cm³/mol. The molecular formula is C14H18N6O2. The second-order valence-corrected chi connectivity index (χ2v) is 5.71. The third-order valence-electron chi connectivity index (χ3n) is 3.71. The molecular weight excluding hydrogens is 284 g/mol. The minimum absolute atomic E-state index is 0.0580. The van der Waals surface area contributed by atoms with Crippen LogP contribution in [0.15, 0.2) is 12.4 Å². The molecule has 0 bridgehead atoms. The van der Waals surface area contributed by atoms with E-state index in [0.29, 0.717) is 11.7 Å². The fourth-order valence-corrected chi connectivity index (χ4v) is 2.62. The molecule has 1 unspecified atom stereocenters. The van der Waals surface area contributed by atoms with Gasteiger partial charge in [0.15, 0.2) is 5.69 Å². The average molecular weight is 302 g/mol. The van der Waals surface area contributed by atoms with E-state index in [1.54, 1.807) is 0 Å². The number of carboxylic acids is 1. The second-order valence-electron chi connectivity index (χ2n) is 5.71. The Morgan fingerprint density at radius 2 is 2.18 bits per heavy atom. The summed E-state index contributed by atoms with van der Waals surface area (Å²) >= 11 is 0. The number of anilines is 1. The van der Waals surface area contributed by atoms with Crippen LogP contribution >= 0.6 is 0 Å². The summed E-state index contributed by atoms with van der Waals surface area (Å²) in [6, 6.07) is 0.200. The molecule has 0 saturated carbocycles. The topological polar surface area (TPSA) is 106 Å². The Balaban J connectivity index is 1.72. The van der Waals surface area contributed by atoms with Gasteiger partial charge in [-0.15, -0.1) is 10.2 Å². The molecule has 0 spiro atoms. The Hall–Kier alpha value is -2.51. The van der Waals surface area contributed by atoms with Crippen LogP contribution in [0.3, 0.4) is 0 Å². The van der Waals surface area contributed by atoms with Gasteiger partial charge in [0, 0.05) is 24.9 Å². The number of aromatic carboxylic acids is 1. The Morgan fingerprint density at radius 1 is 1.36 bits per heavy atom. The fourth-order valence-electron chi connectivity index (χ4n) is 2.62. The smallest absolute Gasteiger partial charge is 0.356 e. The zero-order valence-electron chi connectivity index (χ0n) is 12.5. The fraction of sp³-hybridized carbons (Fsp3) is 0.500. The highest BCUT2D eigenvalue weighted by atomic mass is 16.4. The molecule has 22 heavy (non-hydrogen) atoms. The number of hydrogen-bond donors (Lipinski definition) is 2.